The molecule has 1 saturated heterocycles. The molecular formula is C15H24N4O2. The topological polar surface area (TPSA) is 66.3 Å². The van der Waals surface area contributed by atoms with E-state index in [0.29, 0.717) is 26.0 Å². The van der Waals surface area contributed by atoms with Gasteiger partial charge in [-0.1, -0.05) is 6.92 Å². The predicted octanol–water partition coefficient (Wildman–Crippen LogP) is 1.18. The molecule has 6 heteroatoms. The lowest BCUT2D eigenvalue weighted by Gasteiger charge is -2.34. The van der Waals surface area contributed by atoms with Crippen molar-refractivity contribution in [3.8, 4) is 12.3 Å². The smallest absolute Gasteiger partial charge is 0.221 e. The average molecular weight is 292 g/mol. The van der Waals surface area contributed by atoms with Crippen LogP contribution in [0.4, 0.5) is 0 Å². The SMILES string of the molecule is C#CCCC1(CCNC(=O)CC2COCCN2CC)N=N1. The molecule has 1 amide bonds. The van der Waals surface area contributed by atoms with Crippen LogP contribution in [0.2, 0.25) is 0 Å². The molecule has 2 aliphatic rings. The number of ether oxygens (including phenoxy) is 1. The summed E-state index contributed by atoms with van der Waals surface area (Å²) in [6.07, 6.45) is 7.92. The molecule has 0 aromatic carbocycles. The maximum atomic E-state index is 12.0. The number of hydrogen-bond donors (Lipinski definition) is 1. The minimum absolute atomic E-state index is 0.0664. The van der Waals surface area contributed by atoms with E-state index in [1.807, 2.05) is 0 Å². The highest BCUT2D eigenvalue weighted by Crippen LogP contribution is 2.35. The first-order chi connectivity index (χ1) is 10.2. The van der Waals surface area contributed by atoms with Crippen molar-refractivity contribution in [1.82, 2.24) is 10.2 Å². The summed E-state index contributed by atoms with van der Waals surface area (Å²) in [5.41, 5.74) is -0.316. The van der Waals surface area contributed by atoms with E-state index in [9.17, 15) is 4.79 Å². The van der Waals surface area contributed by atoms with Crippen molar-refractivity contribution in [1.29, 1.82) is 0 Å². The second-order valence-corrected chi connectivity index (χ2v) is 5.55. The number of likely N-dealkylation sites (N-methyl/N-ethyl adjacent to an activating group) is 1. The summed E-state index contributed by atoms with van der Waals surface area (Å²) in [6.45, 7) is 5.96. The third-order valence-corrected chi connectivity index (χ3v) is 4.08. The molecule has 0 aliphatic carbocycles. The lowest BCUT2D eigenvalue weighted by atomic mass is 10.0. The number of terminal acetylenes is 1. The Hall–Kier alpha value is -1.45. The van der Waals surface area contributed by atoms with E-state index in [1.165, 1.54) is 0 Å². The molecule has 0 aromatic rings. The van der Waals surface area contributed by atoms with E-state index in [2.05, 4.69) is 33.3 Å². The van der Waals surface area contributed by atoms with Gasteiger partial charge in [0.25, 0.3) is 0 Å². The highest BCUT2D eigenvalue weighted by atomic mass is 16.5. The molecule has 0 saturated carbocycles. The Balaban J connectivity index is 1.64. The van der Waals surface area contributed by atoms with Crippen LogP contribution in [0.1, 0.15) is 32.6 Å². The molecule has 0 bridgehead atoms. The average Bonchev–Trinajstić information content (AvgIpc) is 3.26. The summed E-state index contributed by atoms with van der Waals surface area (Å²) in [5.74, 6) is 2.67. The van der Waals surface area contributed by atoms with Crippen LogP contribution in [-0.4, -0.2) is 55.4 Å². The number of hydrogen-bond acceptors (Lipinski definition) is 5. The van der Waals surface area contributed by atoms with Gasteiger partial charge >= 0.3 is 0 Å². The van der Waals surface area contributed by atoms with E-state index in [4.69, 9.17) is 11.2 Å². The predicted molar refractivity (Wildman–Crippen MR) is 79.8 cm³/mol. The van der Waals surface area contributed by atoms with E-state index in [0.717, 1.165) is 32.5 Å². The van der Waals surface area contributed by atoms with Crippen molar-refractivity contribution in [2.45, 2.75) is 44.3 Å². The largest absolute Gasteiger partial charge is 0.378 e. The standard InChI is InChI=1S/C15H24N4O2/c1-3-5-6-15(17-18-15)7-8-16-14(20)11-13-12-21-10-9-19(13)4-2/h1,13H,4-12H2,2H3,(H,16,20). The Labute approximate surface area is 126 Å². The van der Waals surface area contributed by atoms with Gasteiger partial charge in [0.2, 0.25) is 5.91 Å². The van der Waals surface area contributed by atoms with E-state index in [-0.39, 0.29) is 17.6 Å². The number of carbonyl (C=O) groups is 1. The van der Waals surface area contributed by atoms with Gasteiger partial charge in [-0.25, -0.2) is 0 Å². The van der Waals surface area contributed by atoms with Crippen molar-refractivity contribution in [2.75, 3.05) is 32.8 Å². The van der Waals surface area contributed by atoms with Crippen molar-refractivity contribution in [2.24, 2.45) is 10.2 Å². The molecule has 1 fully saturated rings. The second kappa shape index (κ2) is 7.53. The third kappa shape index (κ3) is 4.80. The van der Waals surface area contributed by atoms with Crippen LogP contribution in [0.25, 0.3) is 0 Å². The van der Waals surface area contributed by atoms with E-state index in [1.54, 1.807) is 0 Å². The molecule has 116 valence electrons. The minimum atomic E-state index is -0.316. The summed E-state index contributed by atoms with van der Waals surface area (Å²) in [7, 11) is 0. The normalized spacial score (nSPS) is 23.5. The van der Waals surface area contributed by atoms with Gasteiger partial charge in [-0.2, -0.15) is 10.2 Å². The van der Waals surface area contributed by atoms with Gasteiger partial charge in [-0.05, 0) is 6.54 Å². The Kier molecular flexibility index (Phi) is 5.71. The summed E-state index contributed by atoms with van der Waals surface area (Å²) < 4.78 is 5.46. The molecule has 1 unspecified atom stereocenters. The Morgan fingerprint density at radius 2 is 2.33 bits per heavy atom. The quantitative estimate of drug-likeness (QED) is 0.683. The molecule has 6 nitrogen and oxygen atoms in total. The molecular weight excluding hydrogens is 268 g/mol. The molecule has 2 rings (SSSR count). The van der Waals surface area contributed by atoms with Crippen LogP contribution in [0.15, 0.2) is 10.2 Å². The molecule has 1 atom stereocenters. The lowest BCUT2D eigenvalue weighted by Crippen LogP contribution is -2.47. The second-order valence-electron chi connectivity index (χ2n) is 5.55. The van der Waals surface area contributed by atoms with Gasteiger partial charge in [-0.3, -0.25) is 9.69 Å². The number of carbonyl (C=O) groups excluding carboxylic acids is 1. The molecule has 2 aliphatic heterocycles. The first-order valence-electron chi connectivity index (χ1n) is 7.65. The highest BCUT2D eigenvalue weighted by molar-refractivity contribution is 5.76. The van der Waals surface area contributed by atoms with Crippen molar-refractivity contribution in [3.05, 3.63) is 0 Å². The fourth-order valence-corrected chi connectivity index (χ4v) is 2.65. The van der Waals surface area contributed by atoms with Gasteiger partial charge in [0.05, 0.1) is 13.2 Å². The number of morpholine rings is 1. The maximum absolute atomic E-state index is 12.0. The number of nitrogens with zero attached hydrogens (tertiary/aromatic N) is 3. The van der Waals surface area contributed by atoms with Crippen LogP contribution in [0, 0.1) is 12.3 Å². The first-order valence-corrected chi connectivity index (χ1v) is 7.65. The van der Waals surface area contributed by atoms with E-state index < -0.39 is 0 Å². The Morgan fingerprint density at radius 3 is 3.00 bits per heavy atom. The van der Waals surface area contributed by atoms with Gasteiger partial charge in [-0.15, -0.1) is 12.3 Å². The zero-order chi connectivity index (χ0) is 15.1. The Morgan fingerprint density at radius 1 is 1.52 bits per heavy atom. The third-order valence-electron chi connectivity index (χ3n) is 4.08. The van der Waals surface area contributed by atoms with Gasteiger partial charge < -0.3 is 10.1 Å². The summed E-state index contributed by atoms with van der Waals surface area (Å²) in [5, 5.41) is 11.1. The van der Waals surface area contributed by atoms with Crippen LogP contribution in [0.3, 0.4) is 0 Å². The van der Waals surface area contributed by atoms with E-state index >= 15 is 0 Å². The van der Waals surface area contributed by atoms with Crippen LogP contribution < -0.4 is 5.32 Å². The van der Waals surface area contributed by atoms with Crippen molar-refractivity contribution < 1.29 is 9.53 Å². The first kappa shape index (κ1) is 15.9. The number of rotatable bonds is 8. The minimum Gasteiger partial charge on any atom is -0.378 e. The monoisotopic (exact) mass is 292 g/mol. The number of amides is 1. The zero-order valence-electron chi connectivity index (χ0n) is 12.7. The lowest BCUT2D eigenvalue weighted by molar-refractivity contribution is -0.124. The Bertz CT molecular complexity index is 424. The van der Waals surface area contributed by atoms with Crippen molar-refractivity contribution >= 4 is 5.91 Å². The summed E-state index contributed by atoms with van der Waals surface area (Å²) >= 11 is 0. The number of nitrogens with one attached hydrogen (secondary N) is 1. The molecule has 0 aromatic heterocycles. The van der Waals surface area contributed by atoms with Gasteiger partial charge in [0.1, 0.15) is 0 Å². The molecule has 21 heavy (non-hydrogen) atoms. The maximum Gasteiger partial charge on any atom is 0.221 e. The fourth-order valence-electron chi connectivity index (χ4n) is 2.65. The van der Waals surface area contributed by atoms with Gasteiger partial charge in [0, 0.05) is 44.8 Å². The molecule has 2 heterocycles. The summed E-state index contributed by atoms with van der Waals surface area (Å²) in [6, 6.07) is 0.189. The summed E-state index contributed by atoms with van der Waals surface area (Å²) in [4.78, 5) is 14.3. The van der Waals surface area contributed by atoms with Crippen LogP contribution in [-0.2, 0) is 9.53 Å². The molecule has 1 N–H and O–H groups in total. The highest BCUT2D eigenvalue weighted by Gasteiger charge is 2.38. The fraction of sp³-hybridized carbons (Fsp3) is 0.800. The zero-order valence-corrected chi connectivity index (χ0v) is 12.7. The van der Waals surface area contributed by atoms with Crippen LogP contribution >= 0.6 is 0 Å². The van der Waals surface area contributed by atoms with Crippen LogP contribution in [0.5, 0.6) is 0 Å². The molecule has 0 radical (unpaired) electrons. The van der Waals surface area contributed by atoms with Gasteiger partial charge in [0.15, 0.2) is 5.66 Å². The van der Waals surface area contributed by atoms with Crippen molar-refractivity contribution in [3.63, 3.8) is 0 Å². The molecule has 0 spiro atoms.